The Morgan fingerprint density at radius 3 is 2.60 bits per heavy atom. The molecule has 0 saturated heterocycles. The van der Waals surface area contributed by atoms with Crippen molar-refractivity contribution < 1.29 is 9.47 Å². The molecule has 0 aliphatic carbocycles. The third-order valence-corrected chi connectivity index (χ3v) is 3.59. The molecule has 0 radical (unpaired) electrons. The lowest BCUT2D eigenvalue weighted by Gasteiger charge is -2.11. The van der Waals surface area contributed by atoms with Crippen LogP contribution >= 0.6 is 11.3 Å². The molecule has 4 nitrogen and oxygen atoms in total. The first-order valence-corrected chi connectivity index (χ1v) is 7.64. The van der Waals surface area contributed by atoms with Crippen LogP contribution in [0.15, 0.2) is 29.6 Å². The summed E-state index contributed by atoms with van der Waals surface area (Å²) in [6.07, 6.45) is 0. The smallest absolute Gasteiger partial charge is 0.161 e. The van der Waals surface area contributed by atoms with Crippen molar-refractivity contribution in [2.24, 2.45) is 0 Å². The third kappa shape index (κ3) is 4.51. The van der Waals surface area contributed by atoms with E-state index in [1.54, 1.807) is 11.3 Å². The number of nitrogens with one attached hydrogen (secondary N) is 1. The molecule has 0 aliphatic rings. The summed E-state index contributed by atoms with van der Waals surface area (Å²) in [5, 5.41) is 6.49. The quantitative estimate of drug-likeness (QED) is 0.760. The van der Waals surface area contributed by atoms with Crippen molar-refractivity contribution in [3.8, 4) is 11.5 Å². The molecule has 2 aromatic rings. The number of thiazole rings is 1. The summed E-state index contributed by atoms with van der Waals surface area (Å²) in [6.45, 7) is 6.78. The van der Waals surface area contributed by atoms with Crippen molar-refractivity contribution in [1.82, 2.24) is 10.3 Å². The highest BCUT2D eigenvalue weighted by atomic mass is 32.1. The molecule has 1 heterocycles. The van der Waals surface area contributed by atoms with Crippen LogP contribution in [0.4, 0.5) is 0 Å². The largest absolute Gasteiger partial charge is 0.490 e. The van der Waals surface area contributed by atoms with Crippen LogP contribution in [0.5, 0.6) is 11.5 Å². The van der Waals surface area contributed by atoms with E-state index in [0.717, 1.165) is 35.3 Å². The maximum Gasteiger partial charge on any atom is 0.161 e. The molecule has 0 aliphatic heterocycles. The number of nitrogens with zero attached hydrogens (tertiary/aromatic N) is 1. The second-order valence-corrected chi connectivity index (χ2v) is 5.23. The zero-order valence-electron chi connectivity index (χ0n) is 11.9. The van der Waals surface area contributed by atoms with Crippen LogP contribution in [0.3, 0.4) is 0 Å². The number of hydrogen-bond acceptors (Lipinski definition) is 5. The number of para-hydroxylation sites is 2. The Labute approximate surface area is 123 Å². The maximum atomic E-state index is 5.73. The van der Waals surface area contributed by atoms with Gasteiger partial charge in [-0.1, -0.05) is 12.1 Å². The highest BCUT2D eigenvalue weighted by molar-refractivity contribution is 7.09. The van der Waals surface area contributed by atoms with Crippen molar-refractivity contribution in [2.45, 2.75) is 20.4 Å². The van der Waals surface area contributed by atoms with Gasteiger partial charge in [0.25, 0.3) is 0 Å². The lowest BCUT2D eigenvalue weighted by molar-refractivity contribution is 0.275. The van der Waals surface area contributed by atoms with Gasteiger partial charge in [0.2, 0.25) is 0 Å². The molecular weight excluding hydrogens is 272 g/mol. The summed E-state index contributed by atoms with van der Waals surface area (Å²) in [5.74, 6) is 1.59. The standard InChI is InChI=1S/C15H20N2O2S/c1-3-18-13-6-4-5-7-14(13)19-9-8-16-10-15-17-12(2)11-20-15/h4-7,11,16H,3,8-10H2,1-2H3. The lowest BCUT2D eigenvalue weighted by atomic mass is 10.3. The molecule has 0 saturated carbocycles. The Hall–Kier alpha value is -1.59. The molecule has 2 rings (SSSR count). The minimum absolute atomic E-state index is 0.606. The van der Waals surface area contributed by atoms with E-state index in [4.69, 9.17) is 9.47 Å². The molecule has 1 aromatic heterocycles. The minimum Gasteiger partial charge on any atom is -0.490 e. The van der Waals surface area contributed by atoms with Gasteiger partial charge in [-0.15, -0.1) is 11.3 Å². The van der Waals surface area contributed by atoms with Crippen LogP contribution in [-0.2, 0) is 6.54 Å². The molecule has 1 N–H and O–H groups in total. The predicted molar refractivity (Wildman–Crippen MR) is 81.7 cm³/mol. The summed E-state index contributed by atoms with van der Waals surface area (Å²) in [5.41, 5.74) is 1.08. The fourth-order valence-corrected chi connectivity index (χ4v) is 2.50. The van der Waals surface area contributed by atoms with Gasteiger partial charge in [-0.05, 0) is 26.0 Å². The van der Waals surface area contributed by atoms with Crippen molar-refractivity contribution in [3.63, 3.8) is 0 Å². The lowest BCUT2D eigenvalue weighted by Crippen LogP contribution is -2.20. The highest BCUT2D eigenvalue weighted by Gasteiger charge is 2.03. The van der Waals surface area contributed by atoms with E-state index in [1.165, 1.54) is 0 Å². The fraction of sp³-hybridized carbons (Fsp3) is 0.400. The number of aromatic nitrogens is 1. The monoisotopic (exact) mass is 292 g/mol. The summed E-state index contributed by atoms with van der Waals surface area (Å²) in [6, 6.07) is 7.74. The van der Waals surface area contributed by atoms with Gasteiger partial charge < -0.3 is 14.8 Å². The maximum absolute atomic E-state index is 5.73. The van der Waals surface area contributed by atoms with Gasteiger partial charge in [0.05, 0.1) is 6.61 Å². The van der Waals surface area contributed by atoms with Gasteiger partial charge >= 0.3 is 0 Å². The molecule has 0 fully saturated rings. The number of aryl methyl sites for hydroxylation is 1. The van der Waals surface area contributed by atoms with Crippen molar-refractivity contribution >= 4 is 11.3 Å². The molecular formula is C15H20N2O2S. The van der Waals surface area contributed by atoms with E-state index in [2.05, 4.69) is 15.7 Å². The molecule has 5 heteroatoms. The van der Waals surface area contributed by atoms with Gasteiger partial charge in [-0.2, -0.15) is 0 Å². The zero-order valence-corrected chi connectivity index (χ0v) is 12.7. The summed E-state index contributed by atoms with van der Waals surface area (Å²) in [4.78, 5) is 4.40. The number of benzene rings is 1. The van der Waals surface area contributed by atoms with E-state index < -0.39 is 0 Å². The molecule has 1 aromatic carbocycles. The molecule has 0 amide bonds. The van der Waals surface area contributed by atoms with Gasteiger partial charge in [0, 0.05) is 24.2 Å². The Kier molecular flexibility index (Phi) is 5.83. The van der Waals surface area contributed by atoms with Crippen LogP contribution in [0, 0.1) is 6.92 Å². The summed E-state index contributed by atoms with van der Waals surface area (Å²) in [7, 11) is 0. The number of hydrogen-bond donors (Lipinski definition) is 1. The van der Waals surface area contributed by atoms with E-state index in [1.807, 2.05) is 38.1 Å². The van der Waals surface area contributed by atoms with Crippen molar-refractivity contribution in [1.29, 1.82) is 0 Å². The Morgan fingerprint density at radius 2 is 1.95 bits per heavy atom. The minimum atomic E-state index is 0.606. The average molecular weight is 292 g/mol. The van der Waals surface area contributed by atoms with Crippen LogP contribution in [-0.4, -0.2) is 24.7 Å². The summed E-state index contributed by atoms with van der Waals surface area (Å²) < 4.78 is 11.2. The normalized spacial score (nSPS) is 10.5. The molecule has 0 bridgehead atoms. The van der Waals surface area contributed by atoms with Crippen LogP contribution in [0.25, 0.3) is 0 Å². The second kappa shape index (κ2) is 7.87. The average Bonchev–Trinajstić information content (AvgIpc) is 2.86. The first-order valence-electron chi connectivity index (χ1n) is 6.76. The van der Waals surface area contributed by atoms with Crippen molar-refractivity contribution in [2.75, 3.05) is 19.8 Å². The third-order valence-electron chi connectivity index (χ3n) is 2.63. The van der Waals surface area contributed by atoms with Gasteiger partial charge in [-0.3, -0.25) is 0 Å². The van der Waals surface area contributed by atoms with Crippen LogP contribution < -0.4 is 14.8 Å². The predicted octanol–water partition coefficient (Wildman–Crippen LogP) is 3.02. The Bertz CT molecular complexity index is 528. The molecule has 0 unspecified atom stereocenters. The highest BCUT2D eigenvalue weighted by Crippen LogP contribution is 2.25. The molecule has 108 valence electrons. The Balaban J connectivity index is 1.70. The zero-order chi connectivity index (χ0) is 14.2. The first-order chi connectivity index (χ1) is 9.79. The van der Waals surface area contributed by atoms with Gasteiger partial charge in [0.1, 0.15) is 11.6 Å². The van der Waals surface area contributed by atoms with Crippen LogP contribution in [0.1, 0.15) is 17.6 Å². The van der Waals surface area contributed by atoms with Crippen molar-refractivity contribution in [3.05, 3.63) is 40.3 Å². The molecule has 0 atom stereocenters. The van der Waals surface area contributed by atoms with Gasteiger partial charge in [-0.25, -0.2) is 4.98 Å². The van der Waals surface area contributed by atoms with Crippen LogP contribution in [0.2, 0.25) is 0 Å². The summed E-state index contributed by atoms with van der Waals surface area (Å²) >= 11 is 1.68. The Morgan fingerprint density at radius 1 is 1.20 bits per heavy atom. The molecule has 20 heavy (non-hydrogen) atoms. The van der Waals surface area contributed by atoms with Gasteiger partial charge in [0.15, 0.2) is 11.5 Å². The first kappa shape index (κ1) is 14.8. The van der Waals surface area contributed by atoms with E-state index in [0.29, 0.717) is 13.2 Å². The number of ether oxygens (including phenoxy) is 2. The molecule has 0 spiro atoms. The van der Waals surface area contributed by atoms with E-state index >= 15 is 0 Å². The SMILES string of the molecule is CCOc1ccccc1OCCNCc1nc(C)cs1. The fourth-order valence-electron chi connectivity index (χ4n) is 1.76. The van der Waals surface area contributed by atoms with E-state index in [9.17, 15) is 0 Å². The topological polar surface area (TPSA) is 43.4 Å². The number of rotatable bonds is 8. The second-order valence-electron chi connectivity index (χ2n) is 4.29. The van der Waals surface area contributed by atoms with E-state index in [-0.39, 0.29) is 0 Å².